The largest absolute Gasteiger partial charge is 0.453 e. The van der Waals surface area contributed by atoms with Crippen molar-refractivity contribution in [2.24, 2.45) is 5.73 Å². The monoisotopic (exact) mass is 205 g/mol. The van der Waals surface area contributed by atoms with E-state index in [9.17, 15) is 0 Å². The van der Waals surface area contributed by atoms with Crippen molar-refractivity contribution in [2.45, 2.75) is 13.8 Å². The molecule has 0 bridgehead atoms. The van der Waals surface area contributed by atoms with Crippen molar-refractivity contribution in [1.82, 2.24) is 0 Å². The van der Waals surface area contributed by atoms with Crippen LogP contribution in [0.5, 0.6) is 11.5 Å². The van der Waals surface area contributed by atoms with Crippen LogP contribution in [-0.4, -0.2) is 13.3 Å². The maximum absolute atomic E-state index is 5.45. The van der Waals surface area contributed by atoms with E-state index in [1.807, 2.05) is 19.1 Å². The average molecular weight is 205 g/mol. The lowest BCUT2D eigenvalue weighted by Gasteiger charge is -2.07. The summed E-state index contributed by atoms with van der Waals surface area (Å²) in [4.78, 5) is 0. The van der Waals surface area contributed by atoms with E-state index < -0.39 is 0 Å². The number of hydrogen-bond donors (Lipinski definition) is 1. The summed E-state index contributed by atoms with van der Waals surface area (Å²) in [5.74, 6) is 1.70. The highest BCUT2D eigenvalue weighted by Gasteiger charge is 2.20. The number of nitrogens with two attached hydrogens (primary N) is 1. The van der Waals surface area contributed by atoms with Gasteiger partial charge in [0.25, 0.3) is 0 Å². The van der Waals surface area contributed by atoms with Gasteiger partial charge in [0.05, 0.1) is 0 Å². The molecule has 0 aliphatic carbocycles. The summed E-state index contributed by atoms with van der Waals surface area (Å²) in [5, 5.41) is 0. The van der Waals surface area contributed by atoms with Crippen molar-refractivity contribution in [3.05, 3.63) is 28.8 Å². The Labute approximate surface area is 89.5 Å². The van der Waals surface area contributed by atoms with Crippen LogP contribution in [0.1, 0.15) is 16.7 Å². The van der Waals surface area contributed by atoms with E-state index in [1.165, 1.54) is 5.56 Å². The van der Waals surface area contributed by atoms with Crippen molar-refractivity contribution in [2.75, 3.05) is 13.3 Å². The van der Waals surface area contributed by atoms with Crippen LogP contribution in [0.4, 0.5) is 0 Å². The lowest BCUT2D eigenvalue weighted by Crippen LogP contribution is -1.94. The van der Waals surface area contributed by atoms with Gasteiger partial charge in [-0.1, -0.05) is 12.2 Å². The molecule has 0 radical (unpaired) electrons. The van der Waals surface area contributed by atoms with Gasteiger partial charge in [0.2, 0.25) is 6.79 Å². The molecule has 0 saturated carbocycles. The van der Waals surface area contributed by atoms with Gasteiger partial charge in [0.1, 0.15) is 0 Å². The molecule has 3 nitrogen and oxygen atoms in total. The third-order valence-corrected chi connectivity index (χ3v) is 2.61. The topological polar surface area (TPSA) is 44.5 Å². The number of hydrogen-bond acceptors (Lipinski definition) is 3. The minimum atomic E-state index is 0.309. The van der Waals surface area contributed by atoms with Crippen LogP contribution in [0, 0.1) is 13.8 Å². The Morgan fingerprint density at radius 3 is 2.80 bits per heavy atom. The van der Waals surface area contributed by atoms with Crippen LogP contribution in [0.25, 0.3) is 6.08 Å². The summed E-state index contributed by atoms with van der Waals surface area (Å²) in [6.45, 7) is 4.95. The van der Waals surface area contributed by atoms with Crippen LogP contribution in [0.2, 0.25) is 0 Å². The molecule has 1 aliphatic rings. The summed E-state index contributed by atoms with van der Waals surface area (Å²) in [7, 11) is 0. The van der Waals surface area contributed by atoms with Gasteiger partial charge >= 0.3 is 0 Å². The molecule has 3 heteroatoms. The third kappa shape index (κ3) is 1.70. The van der Waals surface area contributed by atoms with E-state index in [1.54, 1.807) is 0 Å². The van der Waals surface area contributed by atoms with Gasteiger partial charge in [0, 0.05) is 12.1 Å². The van der Waals surface area contributed by atoms with E-state index >= 15 is 0 Å². The molecule has 0 saturated heterocycles. The average Bonchev–Trinajstić information content (AvgIpc) is 2.70. The summed E-state index contributed by atoms with van der Waals surface area (Å²) >= 11 is 0. The zero-order valence-corrected chi connectivity index (χ0v) is 9.04. The predicted molar refractivity (Wildman–Crippen MR) is 60.1 cm³/mol. The Morgan fingerprint density at radius 1 is 1.33 bits per heavy atom. The molecule has 0 atom stereocenters. The molecular formula is C12H15NO2. The van der Waals surface area contributed by atoms with Gasteiger partial charge < -0.3 is 15.2 Å². The summed E-state index contributed by atoms with van der Waals surface area (Å²) in [5.41, 5.74) is 8.82. The zero-order valence-electron chi connectivity index (χ0n) is 9.04. The molecule has 0 aromatic heterocycles. The minimum Gasteiger partial charge on any atom is -0.453 e. The van der Waals surface area contributed by atoms with Gasteiger partial charge in [-0.2, -0.15) is 0 Å². The number of rotatable bonds is 2. The van der Waals surface area contributed by atoms with Gasteiger partial charge in [-0.25, -0.2) is 0 Å². The first kappa shape index (κ1) is 10.1. The summed E-state index contributed by atoms with van der Waals surface area (Å²) in [6, 6.07) is 2.09. The summed E-state index contributed by atoms with van der Waals surface area (Å²) < 4.78 is 10.9. The van der Waals surface area contributed by atoms with Crippen molar-refractivity contribution in [1.29, 1.82) is 0 Å². The number of ether oxygens (including phenoxy) is 2. The van der Waals surface area contributed by atoms with Crippen LogP contribution < -0.4 is 15.2 Å². The maximum Gasteiger partial charge on any atom is 0.231 e. The zero-order chi connectivity index (χ0) is 10.8. The first-order valence-corrected chi connectivity index (χ1v) is 5.00. The van der Waals surface area contributed by atoms with E-state index in [4.69, 9.17) is 15.2 Å². The number of aryl methyl sites for hydroxylation is 1. The molecule has 1 aliphatic heterocycles. The van der Waals surface area contributed by atoms with Gasteiger partial charge in [-0.05, 0) is 31.0 Å². The predicted octanol–water partition coefficient (Wildman–Crippen LogP) is 2.00. The Hall–Kier alpha value is -1.48. The highest BCUT2D eigenvalue weighted by molar-refractivity contribution is 5.67. The van der Waals surface area contributed by atoms with E-state index in [0.717, 1.165) is 22.6 Å². The van der Waals surface area contributed by atoms with Gasteiger partial charge in [-0.3, -0.25) is 0 Å². The van der Waals surface area contributed by atoms with Crippen LogP contribution in [0.3, 0.4) is 0 Å². The van der Waals surface area contributed by atoms with Crippen LogP contribution in [0.15, 0.2) is 12.1 Å². The van der Waals surface area contributed by atoms with E-state index in [0.29, 0.717) is 13.3 Å². The second kappa shape index (κ2) is 3.95. The fourth-order valence-corrected chi connectivity index (χ4v) is 1.68. The second-order valence-corrected chi connectivity index (χ2v) is 3.61. The van der Waals surface area contributed by atoms with Crippen LogP contribution >= 0.6 is 0 Å². The molecule has 1 aromatic carbocycles. The van der Waals surface area contributed by atoms with Crippen LogP contribution in [-0.2, 0) is 0 Å². The smallest absolute Gasteiger partial charge is 0.231 e. The van der Waals surface area contributed by atoms with Gasteiger partial charge in [-0.15, -0.1) is 0 Å². The first-order valence-electron chi connectivity index (χ1n) is 5.00. The molecule has 15 heavy (non-hydrogen) atoms. The minimum absolute atomic E-state index is 0.309. The number of fused-ring (bicyclic) bond motifs is 1. The first-order chi connectivity index (χ1) is 7.24. The highest BCUT2D eigenvalue weighted by Crippen LogP contribution is 2.40. The highest BCUT2D eigenvalue weighted by atomic mass is 16.7. The molecule has 2 rings (SSSR count). The normalized spacial score (nSPS) is 13.8. The van der Waals surface area contributed by atoms with Crippen molar-refractivity contribution in [3.63, 3.8) is 0 Å². The molecule has 0 unspecified atom stereocenters. The Morgan fingerprint density at radius 2 is 2.07 bits per heavy atom. The van der Waals surface area contributed by atoms with E-state index in [2.05, 4.69) is 13.0 Å². The second-order valence-electron chi connectivity index (χ2n) is 3.61. The molecule has 0 amide bonds. The Bertz CT molecular complexity index is 411. The standard InChI is InChI=1S/C12H15NO2/c1-8-6-10(4-3-5-13)12-11(9(8)2)14-7-15-12/h3-4,6H,5,7,13H2,1-2H3/b4-3+. The molecular weight excluding hydrogens is 190 g/mol. The van der Waals surface area contributed by atoms with Crippen molar-refractivity contribution in [3.8, 4) is 11.5 Å². The Kier molecular flexibility index (Phi) is 2.64. The van der Waals surface area contributed by atoms with Crippen molar-refractivity contribution >= 4 is 6.08 Å². The molecule has 80 valence electrons. The third-order valence-electron chi connectivity index (χ3n) is 2.61. The van der Waals surface area contributed by atoms with Crippen molar-refractivity contribution < 1.29 is 9.47 Å². The SMILES string of the molecule is Cc1cc(/C=C/CN)c2c(c1C)OCO2. The maximum atomic E-state index is 5.45. The summed E-state index contributed by atoms with van der Waals surface area (Å²) in [6.07, 6.45) is 3.88. The fraction of sp³-hybridized carbons (Fsp3) is 0.333. The van der Waals surface area contributed by atoms with E-state index in [-0.39, 0.29) is 0 Å². The van der Waals surface area contributed by atoms with Gasteiger partial charge in [0.15, 0.2) is 11.5 Å². The molecule has 1 heterocycles. The molecule has 0 spiro atoms. The molecule has 2 N–H and O–H groups in total. The molecule has 0 fully saturated rings. The Balaban J connectivity index is 2.52. The fourth-order valence-electron chi connectivity index (χ4n) is 1.68. The number of benzene rings is 1. The lowest BCUT2D eigenvalue weighted by molar-refractivity contribution is 0.173. The molecule has 1 aromatic rings. The quantitative estimate of drug-likeness (QED) is 0.803. The lowest BCUT2D eigenvalue weighted by atomic mass is 10.0.